The molecule has 1 aromatic carbocycles. The van der Waals surface area contributed by atoms with Crippen LogP contribution in [0.1, 0.15) is 45.4 Å². The predicted molar refractivity (Wildman–Crippen MR) is 107 cm³/mol. The van der Waals surface area contributed by atoms with E-state index in [0.717, 1.165) is 38.2 Å². The third-order valence-electron chi connectivity index (χ3n) is 3.73. The van der Waals surface area contributed by atoms with Crippen LogP contribution in [0.25, 0.3) is 0 Å². The van der Waals surface area contributed by atoms with E-state index in [1.54, 1.807) is 0 Å². The van der Waals surface area contributed by atoms with Crippen molar-refractivity contribution in [2.75, 3.05) is 17.3 Å². The summed E-state index contributed by atoms with van der Waals surface area (Å²) in [6.07, 6.45) is 5.56. The van der Waals surface area contributed by atoms with Gasteiger partial charge in [-0.05, 0) is 24.6 Å². The number of hydrogen-bond donors (Lipinski definition) is 3. The molecule has 1 aromatic rings. The summed E-state index contributed by atoms with van der Waals surface area (Å²) in [6, 6.07) is 6.45. The maximum Gasteiger partial charge on any atom is 0.411 e. The largest absolute Gasteiger partial charge is 0.449 e. The lowest BCUT2D eigenvalue weighted by atomic mass is 10.1. The minimum atomic E-state index is -4.61. The number of unbranched alkanes of at least 4 members (excludes halogenated alkanes) is 5. The lowest BCUT2D eigenvalue weighted by molar-refractivity contribution is 0.159. The molecule has 0 atom stereocenters. The Kier molecular flexibility index (Phi) is 10.2. The first-order valence-electron chi connectivity index (χ1n) is 9.01. The second-order valence-corrected chi connectivity index (χ2v) is 7.40. The van der Waals surface area contributed by atoms with Crippen molar-refractivity contribution in [1.29, 1.82) is 10.5 Å². The summed E-state index contributed by atoms with van der Waals surface area (Å²) in [6.45, 7) is 2.39. The maximum absolute atomic E-state index is 11.9. The third kappa shape index (κ3) is 9.06. The van der Waals surface area contributed by atoms with Crippen molar-refractivity contribution >= 4 is 33.3 Å². The average Bonchev–Trinajstić information content (AvgIpc) is 2.67. The second kappa shape index (κ2) is 12.3. The first-order chi connectivity index (χ1) is 13.8. The number of amides is 1. The summed E-state index contributed by atoms with van der Waals surface area (Å²) < 4.78 is 37.3. The Balaban J connectivity index is 2.74. The molecule has 0 fully saturated rings. The number of benzene rings is 1. The topological polar surface area (TPSA) is 165 Å². The van der Waals surface area contributed by atoms with Crippen LogP contribution < -0.4 is 10.7 Å². The van der Waals surface area contributed by atoms with Crippen molar-refractivity contribution in [3.05, 3.63) is 18.2 Å². The minimum absolute atomic E-state index is 0.165. The quantitative estimate of drug-likeness (QED) is 0.211. The van der Waals surface area contributed by atoms with Gasteiger partial charge in [0.25, 0.3) is 10.1 Å². The van der Waals surface area contributed by atoms with Gasteiger partial charge >= 0.3 is 6.09 Å². The number of anilines is 2. The molecule has 0 heterocycles. The van der Waals surface area contributed by atoms with E-state index in [1.807, 2.05) is 0 Å². The number of ether oxygens (including phenoxy) is 1. The van der Waals surface area contributed by atoms with Crippen molar-refractivity contribution in [3.63, 3.8) is 0 Å². The Morgan fingerprint density at radius 3 is 2.45 bits per heavy atom. The molecule has 11 heteroatoms. The fraction of sp³-hybridized carbons (Fsp3) is 0.444. The molecule has 0 radical (unpaired) electrons. The number of nitriles is 2. The van der Waals surface area contributed by atoms with E-state index >= 15 is 0 Å². The van der Waals surface area contributed by atoms with E-state index in [1.165, 1.54) is 30.7 Å². The summed E-state index contributed by atoms with van der Waals surface area (Å²) in [7, 11) is -4.61. The molecule has 0 saturated heterocycles. The Hall–Kier alpha value is -3.15. The van der Waals surface area contributed by atoms with Crippen molar-refractivity contribution in [2.45, 2.75) is 50.3 Å². The van der Waals surface area contributed by atoms with Gasteiger partial charge in [-0.25, -0.2) is 4.79 Å². The highest BCUT2D eigenvalue weighted by Gasteiger charge is 2.17. The van der Waals surface area contributed by atoms with E-state index < -0.39 is 26.8 Å². The van der Waals surface area contributed by atoms with Gasteiger partial charge in [-0.3, -0.25) is 15.3 Å². The van der Waals surface area contributed by atoms with Gasteiger partial charge in [0.2, 0.25) is 5.71 Å². The first-order valence-corrected chi connectivity index (χ1v) is 10.4. The lowest BCUT2D eigenvalue weighted by Crippen LogP contribution is -2.15. The fourth-order valence-corrected chi connectivity index (χ4v) is 2.93. The van der Waals surface area contributed by atoms with Gasteiger partial charge in [0.15, 0.2) is 0 Å². The van der Waals surface area contributed by atoms with Crippen LogP contribution in [0.5, 0.6) is 0 Å². The van der Waals surface area contributed by atoms with Crippen LogP contribution in [-0.4, -0.2) is 31.4 Å². The number of nitrogens with one attached hydrogen (secondary N) is 2. The molecule has 0 aliphatic heterocycles. The molecule has 0 unspecified atom stereocenters. The Labute approximate surface area is 169 Å². The van der Waals surface area contributed by atoms with Crippen LogP contribution in [0.3, 0.4) is 0 Å². The van der Waals surface area contributed by atoms with Crippen molar-refractivity contribution in [1.82, 2.24) is 0 Å². The van der Waals surface area contributed by atoms with Crippen LogP contribution in [0.2, 0.25) is 0 Å². The summed E-state index contributed by atoms with van der Waals surface area (Å²) in [5.74, 6) is 0. The van der Waals surface area contributed by atoms with Gasteiger partial charge in [0.1, 0.15) is 17.0 Å². The van der Waals surface area contributed by atoms with Crippen LogP contribution >= 0.6 is 0 Å². The van der Waals surface area contributed by atoms with Crippen molar-refractivity contribution < 1.29 is 22.5 Å². The molecule has 0 bridgehead atoms. The molecular formula is C18H23N5O5S. The molecule has 10 nitrogen and oxygen atoms in total. The summed E-state index contributed by atoms with van der Waals surface area (Å²) in [4.78, 5) is 11.3. The van der Waals surface area contributed by atoms with Gasteiger partial charge in [-0.1, -0.05) is 39.0 Å². The Morgan fingerprint density at radius 1 is 1.17 bits per heavy atom. The molecule has 1 amide bonds. The molecule has 0 spiro atoms. The van der Waals surface area contributed by atoms with E-state index in [4.69, 9.17) is 15.3 Å². The smallest absolute Gasteiger partial charge is 0.411 e. The zero-order valence-corrected chi connectivity index (χ0v) is 16.8. The van der Waals surface area contributed by atoms with E-state index in [-0.39, 0.29) is 18.0 Å². The van der Waals surface area contributed by atoms with Crippen LogP contribution in [0.4, 0.5) is 16.2 Å². The Morgan fingerprint density at radius 2 is 1.83 bits per heavy atom. The van der Waals surface area contributed by atoms with Crippen LogP contribution in [0.15, 0.2) is 28.2 Å². The highest BCUT2D eigenvalue weighted by molar-refractivity contribution is 7.86. The zero-order chi connectivity index (χ0) is 21.7. The van der Waals surface area contributed by atoms with E-state index in [9.17, 15) is 17.8 Å². The highest BCUT2D eigenvalue weighted by atomic mass is 32.2. The molecule has 0 aromatic heterocycles. The number of hydrogen-bond acceptors (Lipinski definition) is 8. The van der Waals surface area contributed by atoms with Gasteiger partial charge in [0, 0.05) is 5.69 Å². The SMILES string of the molecule is CCCCCCCCOC(=O)Nc1ccc(S(=O)(=O)O)c(NN=C(C#N)C#N)c1. The molecule has 0 aliphatic carbocycles. The van der Waals surface area contributed by atoms with E-state index in [2.05, 4.69) is 22.8 Å². The molecule has 1 rings (SSSR count). The number of nitrogens with zero attached hydrogens (tertiary/aromatic N) is 3. The van der Waals surface area contributed by atoms with E-state index in [0.29, 0.717) is 0 Å². The molecule has 0 aliphatic rings. The van der Waals surface area contributed by atoms with Crippen molar-refractivity contribution in [3.8, 4) is 12.1 Å². The van der Waals surface area contributed by atoms with Gasteiger partial charge in [-0.15, -0.1) is 0 Å². The standard InChI is InChI=1S/C18H23N5O5S/c1-2-3-4-5-6-7-10-28-18(24)21-14-8-9-17(29(25,26)27)16(11-14)23-22-15(12-19)13-20/h8-9,11,23H,2-7,10H2,1H3,(H,21,24)(H,25,26,27). The van der Waals surface area contributed by atoms with Crippen LogP contribution in [0, 0.1) is 22.7 Å². The molecule has 0 saturated carbocycles. The highest BCUT2D eigenvalue weighted by Crippen LogP contribution is 2.25. The van der Waals surface area contributed by atoms with Gasteiger partial charge in [0.05, 0.1) is 12.3 Å². The second-order valence-electron chi connectivity index (χ2n) is 6.01. The minimum Gasteiger partial charge on any atom is -0.449 e. The normalized spacial score (nSPS) is 10.3. The third-order valence-corrected chi connectivity index (χ3v) is 4.65. The number of rotatable bonds is 11. The molecular weight excluding hydrogens is 398 g/mol. The first kappa shape index (κ1) is 23.9. The number of carbonyl (C=O) groups excluding carboxylic acids is 1. The molecule has 3 N–H and O–H groups in total. The lowest BCUT2D eigenvalue weighted by Gasteiger charge is -2.11. The summed E-state index contributed by atoms with van der Waals surface area (Å²) in [5, 5.41) is 23.2. The molecule has 156 valence electrons. The van der Waals surface area contributed by atoms with Gasteiger partial charge in [-0.2, -0.15) is 24.0 Å². The summed E-state index contributed by atoms with van der Waals surface area (Å²) >= 11 is 0. The predicted octanol–water partition coefficient (Wildman–Crippen LogP) is 3.66. The zero-order valence-electron chi connectivity index (χ0n) is 16.0. The number of carbonyl (C=O) groups is 1. The Bertz CT molecular complexity index is 900. The maximum atomic E-state index is 11.9. The average molecular weight is 421 g/mol. The van der Waals surface area contributed by atoms with Crippen molar-refractivity contribution in [2.24, 2.45) is 5.10 Å². The molecule has 29 heavy (non-hydrogen) atoms. The fourth-order valence-electron chi connectivity index (χ4n) is 2.31. The summed E-state index contributed by atoms with van der Waals surface area (Å²) in [5.41, 5.74) is 1.60. The van der Waals surface area contributed by atoms with Crippen LogP contribution in [-0.2, 0) is 14.9 Å². The monoisotopic (exact) mass is 421 g/mol. The van der Waals surface area contributed by atoms with Gasteiger partial charge < -0.3 is 4.74 Å². The number of hydrazone groups is 1.